The highest BCUT2D eigenvalue weighted by atomic mass is 16.6. The second kappa shape index (κ2) is 13.6. The molecule has 39 heavy (non-hydrogen) atoms. The fourth-order valence-corrected chi connectivity index (χ4v) is 4.75. The lowest BCUT2D eigenvalue weighted by molar-refractivity contribution is -0.156. The van der Waals surface area contributed by atoms with Gasteiger partial charge in [-0.1, -0.05) is 45.1 Å². The maximum atomic E-state index is 12.5. The fourth-order valence-electron chi connectivity index (χ4n) is 4.75. The zero-order valence-electron chi connectivity index (χ0n) is 24.1. The lowest BCUT2D eigenvalue weighted by Crippen LogP contribution is -2.42. The minimum atomic E-state index is -1.50. The molecule has 1 fully saturated rings. The Bertz CT molecular complexity index is 1000. The maximum Gasteiger partial charge on any atom is 0.313 e. The van der Waals surface area contributed by atoms with Crippen molar-refractivity contribution in [3.8, 4) is 0 Å². The molecule has 8 atom stereocenters. The summed E-state index contributed by atoms with van der Waals surface area (Å²) in [6, 6.07) is 0. The molecule has 0 spiro atoms. The van der Waals surface area contributed by atoms with Crippen LogP contribution in [0.15, 0.2) is 36.0 Å². The van der Waals surface area contributed by atoms with Gasteiger partial charge in [0.05, 0.1) is 17.8 Å². The van der Waals surface area contributed by atoms with Crippen molar-refractivity contribution in [3.63, 3.8) is 0 Å². The lowest BCUT2D eigenvalue weighted by Gasteiger charge is -2.31. The van der Waals surface area contributed by atoms with Gasteiger partial charge in [0.25, 0.3) is 0 Å². The van der Waals surface area contributed by atoms with E-state index in [1.54, 1.807) is 44.2 Å². The lowest BCUT2D eigenvalue weighted by atomic mass is 9.89. The predicted octanol–water partition coefficient (Wildman–Crippen LogP) is 3.55. The van der Waals surface area contributed by atoms with E-state index in [-0.39, 0.29) is 48.5 Å². The predicted molar refractivity (Wildman–Crippen MR) is 144 cm³/mol. The largest absolute Gasteiger partial charge is 0.457 e. The van der Waals surface area contributed by atoms with Crippen LogP contribution in [0.3, 0.4) is 0 Å². The summed E-state index contributed by atoms with van der Waals surface area (Å²) < 4.78 is 16.6. The first-order valence-electron chi connectivity index (χ1n) is 13.6. The van der Waals surface area contributed by atoms with Crippen LogP contribution in [-0.4, -0.2) is 69.3 Å². The number of rotatable bonds is 9. The van der Waals surface area contributed by atoms with Gasteiger partial charge < -0.3 is 24.4 Å². The molecule has 2 aliphatic heterocycles. The van der Waals surface area contributed by atoms with Gasteiger partial charge in [-0.15, -0.1) is 0 Å². The van der Waals surface area contributed by atoms with Gasteiger partial charge in [0, 0.05) is 38.0 Å². The molecule has 2 N–H and O–H groups in total. The van der Waals surface area contributed by atoms with Crippen LogP contribution in [0.5, 0.6) is 0 Å². The maximum absolute atomic E-state index is 12.5. The molecule has 9 nitrogen and oxygen atoms in total. The van der Waals surface area contributed by atoms with Crippen molar-refractivity contribution < 1.29 is 43.6 Å². The van der Waals surface area contributed by atoms with Crippen molar-refractivity contribution in [1.29, 1.82) is 0 Å². The second-order valence-electron chi connectivity index (χ2n) is 11.3. The molecule has 0 unspecified atom stereocenters. The third-order valence-corrected chi connectivity index (χ3v) is 7.33. The van der Waals surface area contributed by atoms with E-state index in [0.717, 1.165) is 0 Å². The van der Waals surface area contributed by atoms with Gasteiger partial charge in [-0.2, -0.15) is 0 Å². The van der Waals surface area contributed by atoms with E-state index in [1.807, 2.05) is 20.8 Å². The molecule has 1 saturated heterocycles. The molecule has 2 rings (SSSR count). The minimum absolute atomic E-state index is 0.0172. The number of hydrogen-bond acceptors (Lipinski definition) is 9. The average molecular weight is 549 g/mol. The average Bonchev–Trinajstić information content (AvgIpc) is 3.59. The minimum Gasteiger partial charge on any atom is -0.457 e. The van der Waals surface area contributed by atoms with Crippen LogP contribution in [0.1, 0.15) is 80.6 Å². The Labute approximate surface area is 231 Å². The van der Waals surface area contributed by atoms with Crippen LogP contribution in [0, 0.1) is 11.8 Å². The summed E-state index contributed by atoms with van der Waals surface area (Å²) in [6.45, 7) is 11.6. The normalized spacial score (nSPS) is 33.8. The van der Waals surface area contributed by atoms with E-state index in [0.29, 0.717) is 18.4 Å². The number of ether oxygens (including phenoxy) is 3. The van der Waals surface area contributed by atoms with Gasteiger partial charge in [0.1, 0.15) is 35.8 Å². The number of epoxide rings is 1. The number of hydrogen-bond donors (Lipinski definition) is 2. The molecular formula is C30H44O9. The zero-order valence-corrected chi connectivity index (χ0v) is 24.1. The Morgan fingerprint density at radius 2 is 1.95 bits per heavy atom. The van der Waals surface area contributed by atoms with Crippen molar-refractivity contribution in [2.24, 2.45) is 11.8 Å². The number of Topliss-reactive ketones (excluding diaryl/α,β-unsaturated/α-hetero) is 2. The van der Waals surface area contributed by atoms with E-state index in [9.17, 15) is 29.4 Å². The Kier molecular flexibility index (Phi) is 11.4. The van der Waals surface area contributed by atoms with Crippen molar-refractivity contribution >= 4 is 23.5 Å². The molecule has 2 aliphatic rings. The van der Waals surface area contributed by atoms with Gasteiger partial charge in [-0.25, -0.2) is 0 Å². The number of carbonyl (C=O) groups is 4. The number of carbonyl (C=O) groups excluding carboxylic acids is 4. The van der Waals surface area contributed by atoms with Crippen LogP contribution in [-0.2, 0) is 33.4 Å². The van der Waals surface area contributed by atoms with Crippen LogP contribution in [0.25, 0.3) is 0 Å². The highest BCUT2D eigenvalue weighted by Gasteiger charge is 2.47. The molecule has 0 radical (unpaired) electrons. The number of ketones is 2. The van der Waals surface area contributed by atoms with E-state index in [2.05, 4.69) is 0 Å². The first-order chi connectivity index (χ1) is 18.1. The molecule has 0 aromatic carbocycles. The Morgan fingerprint density at radius 3 is 2.56 bits per heavy atom. The standard InChI is InChI=1S/C30H44O9/c1-8-23(33)20(4)28-24(38-28)17-29(6,35)14-9-10-18(2)27-19(3)11-12-25(37-21(5)31)30(7,36)15-13-22(32)16-26(34)39-27/h9-12,14,19-20,24-25,27-28,35-36H,8,13,15-17H2,1-7H3/b12-11+,14-9+,18-10+/t19-,20+,24+,25-,27+,28+,29+,30-/m0/s1. The molecule has 2 heterocycles. The molecule has 0 aromatic rings. The zero-order chi connectivity index (χ0) is 29.5. The molecule has 218 valence electrons. The molecule has 0 aromatic heterocycles. The van der Waals surface area contributed by atoms with Crippen molar-refractivity contribution in [2.75, 3.05) is 0 Å². The van der Waals surface area contributed by atoms with Crippen LogP contribution in [0.2, 0.25) is 0 Å². The molecule has 0 bridgehead atoms. The number of cyclic esters (lactones) is 1. The first-order valence-corrected chi connectivity index (χ1v) is 13.6. The van der Waals surface area contributed by atoms with Gasteiger partial charge in [-0.05, 0) is 38.8 Å². The molecule has 0 saturated carbocycles. The van der Waals surface area contributed by atoms with E-state index in [1.165, 1.54) is 13.8 Å². The summed E-state index contributed by atoms with van der Waals surface area (Å²) in [4.78, 5) is 48.5. The van der Waals surface area contributed by atoms with Gasteiger partial charge in [-0.3, -0.25) is 19.2 Å². The van der Waals surface area contributed by atoms with Crippen molar-refractivity contribution in [3.05, 3.63) is 36.0 Å². The third kappa shape index (κ3) is 10.1. The van der Waals surface area contributed by atoms with Gasteiger partial charge >= 0.3 is 11.9 Å². The summed E-state index contributed by atoms with van der Waals surface area (Å²) in [6.07, 6.45) is 6.48. The summed E-state index contributed by atoms with van der Waals surface area (Å²) in [5, 5.41) is 21.7. The smallest absolute Gasteiger partial charge is 0.313 e. The topological polar surface area (TPSA) is 140 Å². The van der Waals surface area contributed by atoms with Crippen LogP contribution < -0.4 is 0 Å². The molecular weight excluding hydrogens is 504 g/mol. The summed E-state index contributed by atoms with van der Waals surface area (Å²) in [5.74, 6) is -2.08. The van der Waals surface area contributed by atoms with Gasteiger partial charge in [0.2, 0.25) is 0 Å². The second-order valence-corrected chi connectivity index (χ2v) is 11.3. The van der Waals surface area contributed by atoms with Crippen molar-refractivity contribution in [2.45, 2.75) is 116 Å². The molecule has 0 aliphatic carbocycles. The highest BCUT2D eigenvalue weighted by molar-refractivity contribution is 5.95. The fraction of sp³-hybridized carbons (Fsp3) is 0.667. The number of aliphatic hydroxyl groups is 2. The number of allylic oxidation sites excluding steroid dienone is 2. The first kappa shape index (κ1) is 32.6. The third-order valence-electron chi connectivity index (χ3n) is 7.33. The summed E-state index contributed by atoms with van der Waals surface area (Å²) in [5.41, 5.74) is -2.02. The van der Waals surface area contributed by atoms with Crippen LogP contribution in [0.4, 0.5) is 0 Å². The van der Waals surface area contributed by atoms with E-state index >= 15 is 0 Å². The Balaban J connectivity index is 2.19. The summed E-state index contributed by atoms with van der Waals surface area (Å²) >= 11 is 0. The van der Waals surface area contributed by atoms with E-state index in [4.69, 9.17) is 14.2 Å². The highest BCUT2D eigenvalue weighted by Crippen LogP contribution is 2.36. The molecule has 0 amide bonds. The van der Waals surface area contributed by atoms with E-state index < -0.39 is 41.8 Å². The summed E-state index contributed by atoms with van der Waals surface area (Å²) in [7, 11) is 0. The Morgan fingerprint density at radius 1 is 1.28 bits per heavy atom. The monoisotopic (exact) mass is 548 g/mol. The Hall–Kier alpha value is -2.62. The van der Waals surface area contributed by atoms with Gasteiger partial charge in [0.15, 0.2) is 0 Å². The molecule has 9 heteroatoms. The van der Waals surface area contributed by atoms with Crippen LogP contribution >= 0.6 is 0 Å². The quantitative estimate of drug-likeness (QED) is 0.146. The number of esters is 2. The SMILES string of the molecule is CCC(=O)[C@@H](C)[C@H]1O[C@@H]1C[C@](C)(O)/C=C/C=C(\C)[C@H]1OC(=O)CC(=O)CC[C@](C)(O)[C@@H](OC(C)=O)/C=C/[C@@H]1C. The van der Waals surface area contributed by atoms with Crippen molar-refractivity contribution in [1.82, 2.24) is 0 Å².